The summed E-state index contributed by atoms with van der Waals surface area (Å²) in [4.78, 5) is 46.7. The number of carboxylic acids is 1. The fourth-order valence-electron chi connectivity index (χ4n) is 4.77. The summed E-state index contributed by atoms with van der Waals surface area (Å²) >= 11 is 0.951. The maximum atomic E-state index is 13.7. The second kappa shape index (κ2) is 11.8. The van der Waals surface area contributed by atoms with Crippen molar-refractivity contribution in [2.45, 2.75) is 63.8 Å². The van der Waals surface area contributed by atoms with Gasteiger partial charge in [-0.3, -0.25) is 15.1 Å². The van der Waals surface area contributed by atoms with Gasteiger partial charge in [-0.25, -0.2) is 15.2 Å². The van der Waals surface area contributed by atoms with Crippen LogP contribution in [0.4, 0.5) is 4.79 Å². The average Bonchev–Trinajstić information content (AvgIpc) is 3.11. The average molecular weight is 525 g/mol. The molecule has 1 aromatic heterocycles. The number of hydrogen-bond donors (Lipinski definition) is 2. The fourth-order valence-corrected chi connectivity index (χ4v) is 5.71. The number of pyridine rings is 1. The molecule has 0 aliphatic carbocycles. The summed E-state index contributed by atoms with van der Waals surface area (Å²) in [5, 5.41) is 13.0. The van der Waals surface area contributed by atoms with Crippen LogP contribution in [0.15, 0.2) is 38.9 Å². The number of aliphatic imine (C=N–C) groups is 1. The number of aromatic nitrogens is 1. The first-order valence-corrected chi connectivity index (χ1v) is 12.4. The van der Waals surface area contributed by atoms with Gasteiger partial charge in [0.25, 0.3) is 5.56 Å². The number of urea groups is 1. The van der Waals surface area contributed by atoms with Crippen LogP contribution in [0.5, 0.6) is 0 Å². The maximum Gasteiger partial charge on any atom is 1.00 e. The topological polar surface area (TPSA) is 122 Å². The molecule has 2 unspecified atom stereocenters. The van der Waals surface area contributed by atoms with E-state index in [1.165, 1.54) is 0 Å². The molecule has 2 amide bonds. The van der Waals surface area contributed by atoms with Crippen LogP contribution in [0.3, 0.4) is 0 Å². The summed E-state index contributed by atoms with van der Waals surface area (Å²) in [5.41, 5.74) is 6.09. The number of fused-ring (bicyclic) bond motifs is 2. The number of carbonyl (C=O) groups excluding carboxylic acids is 2. The van der Waals surface area contributed by atoms with Crippen LogP contribution in [0, 0.1) is 0 Å². The normalized spacial score (nSPS) is 19.5. The summed E-state index contributed by atoms with van der Waals surface area (Å²) in [7, 11) is 0. The molecular formula is C23H29KN6O4S. The van der Waals surface area contributed by atoms with Crippen molar-refractivity contribution in [2.24, 2.45) is 4.99 Å². The predicted octanol–water partition coefficient (Wildman–Crippen LogP) is -1.28. The van der Waals surface area contributed by atoms with Crippen LogP contribution in [0.2, 0.25) is 0 Å². The first-order valence-electron chi connectivity index (χ1n) is 11.6. The molecule has 2 atom stereocenters. The fraction of sp³-hybridized carbons (Fsp3) is 0.478. The number of thioether (sulfide) groups is 1. The maximum absolute atomic E-state index is 13.7. The Morgan fingerprint density at radius 1 is 1.11 bits per heavy atom. The van der Waals surface area contributed by atoms with Crippen molar-refractivity contribution in [1.82, 2.24) is 25.2 Å². The Hall–Kier alpha value is -1.41. The Morgan fingerprint density at radius 3 is 2.37 bits per heavy atom. The monoisotopic (exact) mass is 524 g/mol. The summed E-state index contributed by atoms with van der Waals surface area (Å²) < 4.78 is 1.68. The number of rotatable bonds is 7. The minimum absolute atomic E-state index is 0. The van der Waals surface area contributed by atoms with Crippen molar-refractivity contribution in [3.63, 3.8) is 0 Å². The molecule has 182 valence electrons. The van der Waals surface area contributed by atoms with Gasteiger partial charge >= 0.3 is 57.4 Å². The van der Waals surface area contributed by atoms with E-state index in [9.17, 15) is 19.5 Å². The van der Waals surface area contributed by atoms with Crippen molar-refractivity contribution in [3.05, 3.63) is 40.2 Å². The van der Waals surface area contributed by atoms with Gasteiger partial charge in [0, 0.05) is 30.1 Å². The number of hydrazine groups is 1. The van der Waals surface area contributed by atoms with Gasteiger partial charge in [0.2, 0.25) is 0 Å². The third kappa shape index (κ3) is 4.94. The molecule has 2 N–H and O–H groups in total. The molecule has 4 rings (SSSR count). The van der Waals surface area contributed by atoms with Crippen molar-refractivity contribution in [2.75, 3.05) is 13.1 Å². The van der Waals surface area contributed by atoms with E-state index >= 15 is 0 Å². The zero-order valence-electron chi connectivity index (χ0n) is 20.7. The Morgan fingerprint density at radius 2 is 1.77 bits per heavy atom. The number of aromatic carboxylic acids is 1. The van der Waals surface area contributed by atoms with E-state index in [-0.39, 0.29) is 80.1 Å². The van der Waals surface area contributed by atoms with E-state index in [1.807, 2.05) is 27.7 Å². The van der Waals surface area contributed by atoms with Crippen molar-refractivity contribution in [1.29, 1.82) is 0 Å². The summed E-state index contributed by atoms with van der Waals surface area (Å²) in [6.45, 7) is 8.77. The van der Waals surface area contributed by atoms with Crippen LogP contribution in [-0.2, 0) is 0 Å². The molecule has 0 bridgehead atoms. The van der Waals surface area contributed by atoms with E-state index in [1.54, 1.807) is 38.6 Å². The summed E-state index contributed by atoms with van der Waals surface area (Å²) in [6, 6.07) is 6.79. The van der Waals surface area contributed by atoms with Gasteiger partial charge in [-0.15, -0.1) is 0 Å². The van der Waals surface area contributed by atoms with E-state index in [0.717, 1.165) is 24.6 Å². The van der Waals surface area contributed by atoms with E-state index in [4.69, 9.17) is 0 Å². The van der Waals surface area contributed by atoms with Gasteiger partial charge in [-0.1, -0.05) is 32.0 Å². The SMILES string of the molecule is CCC(CC)n1c(=O)c(SC2=NC3C(NN2)N(CC)C(=O)N3CC)c(C(=O)[O-])c2ccccc21.[K+]. The third-order valence-corrected chi connectivity index (χ3v) is 7.45. The van der Waals surface area contributed by atoms with Crippen LogP contribution < -0.4 is 72.9 Å². The number of amides is 2. The Labute approximate surface area is 250 Å². The van der Waals surface area contributed by atoms with Crippen molar-refractivity contribution >= 4 is 39.8 Å². The number of nitrogens with one attached hydrogen (secondary N) is 2. The number of likely N-dealkylation sites (N-methyl/N-ethyl adjacent to an activating group) is 2. The van der Waals surface area contributed by atoms with Crippen LogP contribution in [-0.4, -0.2) is 57.0 Å². The quantitative estimate of drug-likeness (QED) is 0.433. The van der Waals surface area contributed by atoms with E-state index < -0.39 is 17.7 Å². The Bertz CT molecular complexity index is 1210. The molecule has 12 heteroatoms. The number of para-hydroxylation sites is 1. The van der Waals surface area contributed by atoms with E-state index in [0.29, 0.717) is 29.2 Å². The molecule has 3 heterocycles. The molecule has 0 saturated carbocycles. The van der Waals surface area contributed by atoms with Gasteiger partial charge in [0.1, 0.15) is 6.17 Å². The number of hydrogen-bond acceptors (Lipinski definition) is 8. The molecular weight excluding hydrogens is 495 g/mol. The van der Waals surface area contributed by atoms with Gasteiger partial charge < -0.3 is 19.4 Å². The first kappa shape index (κ1) is 28.2. The van der Waals surface area contributed by atoms with Crippen LogP contribution in [0.1, 0.15) is 56.9 Å². The van der Waals surface area contributed by atoms with Gasteiger partial charge in [0.15, 0.2) is 11.3 Å². The Balaban J connectivity index is 0.00000342. The van der Waals surface area contributed by atoms with Gasteiger partial charge in [0.05, 0.1) is 16.4 Å². The summed E-state index contributed by atoms with van der Waals surface area (Å²) in [6.07, 6.45) is 0.592. The predicted molar refractivity (Wildman–Crippen MR) is 129 cm³/mol. The van der Waals surface area contributed by atoms with Crippen LogP contribution in [0.25, 0.3) is 10.9 Å². The smallest absolute Gasteiger partial charge is 0.545 e. The number of carboxylic acid groups (broad SMARTS) is 1. The third-order valence-electron chi connectivity index (χ3n) is 6.47. The molecule has 0 spiro atoms. The minimum atomic E-state index is -1.42. The number of benzene rings is 1. The van der Waals surface area contributed by atoms with Crippen LogP contribution >= 0.6 is 11.8 Å². The molecule has 2 aromatic rings. The number of amidine groups is 1. The Kier molecular flexibility index (Phi) is 9.46. The molecule has 35 heavy (non-hydrogen) atoms. The number of nitrogens with zero attached hydrogens (tertiary/aromatic N) is 4. The van der Waals surface area contributed by atoms with E-state index in [2.05, 4.69) is 15.8 Å². The zero-order chi connectivity index (χ0) is 24.6. The van der Waals surface area contributed by atoms with Crippen molar-refractivity contribution in [3.8, 4) is 0 Å². The molecule has 10 nitrogen and oxygen atoms in total. The number of carbonyl (C=O) groups is 2. The van der Waals surface area contributed by atoms with Crippen molar-refractivity contribution < 1.29 is 66.1 Å². The molecule has 1 saturated heterocycles. The van der Waals surface area contributed by atoms with Gasteiger partial charge in [-0.05, 0) is 44.5 Å². The molecule has 2 aliphatic rings. The standard InChI is InChI=1S/C23H30N6O4S.K/c1-5-13(6-2)29-15-12-10-9-11-14(15)16(21(31)32)17(20(29)30)34-22-24-18-19(25-26-22)28(8-4)23(33)27(18)7-3;/h9-13,18-19,25H,5-8H2,1-4H3,(H,24,26)(H,31,32);/q;+1/p-1. The molecule has 0 radical (unpaired) electrons. The summed E-state index contributed by atoms with van der Waals surface area (Å²) in [5.74, 6) is -1.42. The first-order chi connectivity index (χ1) is 16.4. The molecule has 1 fully saturated rings. The molecule has 1 aromatic carbocycles. The second-order valence-electron chi connectivity index (χ2n) is 8.17. The van der Waals surface area contributed by atoms with Gasteiger partial charge in [-0.2, -0.15) is 0 Å². The largest absolute Gasteiger partial charge is 1.00 e. The minimum Gasteiger partial charge on any atom is -0.545 e. The zero-order valence-corrected chi connectivity index (χ0v) is 24.6. The second-order valence-corrected chi connectivity index (χ2v) is 9.17. The molecule has 2 aliphatic heterocycles.